The molecule has 0 saturated heterocycles. The monoisotopic (exact) mass is 299 g/mol. The van der Waals surface area contributed by atoms with Crippen LogP contribution in [0.5, 0.6) is 0 Å². The molecule has 1 heterocycles. The van der Waals surface area contributed by atoms with E-state index in [0.29, 0.717) is 6.54 Å². The Kier molecular flexibility index (Phi) is 4.04. The minimum Gasteiger partial charge on any atom is -0.305 e. The number of hydrogen-bond acceptors (Lipinski definition) is 2. The largest absolute Gasteiger partial charge is 0.305 e. The zero-order valence-electron chi connectivity index (χ0n) is 12.2. The number of hydrogen-bond donors (Lipinski definition) is 1. The summed E-state index contributed by atoms with van der Waals surface area (Å²) in [7, 11) is 0. The third kappa shape index (κ3) is 2.99. The molecule has 2 aromatic carbocycles. The first-order valence-corrected chi connectivity index (χ1v) is 7.92. The lowest BCUT2D eigenvalue weighted by Crippen LogP contribution is -2.17. The SMILES string of the molecule is Cc1c(C(C)NCc2cccc(F)c2)sc2ccccc12. The van der Waals surface area contributed by atoms with Crippen molar-refractivity contribution in [1.29, 1.82) is 0 Å². The van der Waals surface area contributed by atoms with Crippen LogP contribution in [0.25, 0.3) is 10.1 Å². The van der Waals surface area contributed by atoms with E-state index in [1.54, 1.807) is 12.1 Å². The van der Waals surface area contributed by atoms with Crippen LogP contribution in [0, 0.1) is 12.7 Å². The van der Waals surface area contributed by atoms with Gasteiger partial charge in [0.2, 0.25) is 0 Å². The van der Waals surface area contributed by atoms with Gasteiger partial charge >= 0.3 is 0 Å². The third-order valence-corrected chi connectivity index (χ3v) is 5.23. The molecule has 0 bridgehead atoms. The molecule has 3 rings (SSSR count). The van der Waals surface area contributed by atoms with Crippen LogP contribution in [0.4, 0.5) is 4.39 Å². The summed E-state index contributed by atoms with van der Waals surface area (Å²) in [6.45, 7) is 5.01. The van der Waals surface area contributed by atoms with E-state index < -0.39 is 0 Å². The van der Waals surface area contributed by atoms with Gasteiger partial charge in [-0.2, -0.15) is 0 Å². The first kappa shape index (κ1) is 14.2. The van der Waals surface area contributed by atoms with Crippen molar-refractivity contribution in [2.24, 2.45) is 0 Å². The van der Waals surface area contributed by atoms with E-state index in [9.17, 15) is 4.39 Å². The van der Waals surface area contributed by atoms with Crippen LogP contribution in [-0.4, -0.2) is 0 Å². The zero-order chi connectivity index (χ0) is 14.8. The van der Waals surface area contributed by atoms with Crippen LogP contribution < -0.4 is 5.32 Å². The predicted molar refractivity (Wildman–Crippen MR) is 88.2 cm³/mol. The lowest BCUT2D eigenvalue weighted by atomic mass is 10.1. The number of benzene rings is 2. The van der Waals surface area contributed by atoms with Crippen LogP contribution in [0.15, 0.2) is 48.5 Å². The second kappa shape index (κ2) is 5.96. The number of nitrogens with one attached hydrogen (secondary N) is 1. The maximum absolute atomic E-state index is 13.2. The fourth-order valence-electron chi connectivity index (χ4n) is 2.62. The lowest BCUT2D eigenvalue weighted by Gasteiger charge is -2.13. The standard InChI is InChI=1S/C18H18FNS/c1-12-16-8-3-4-9-17(16)21-18(12)13(2)20-11-14-6-5-7-15(19)10-14/h3-10,13,20H,11H2,1-2H3. The minimum atomic E-state index is -0.181. The Morgan fingerprint density at radius 1 is 1.14 bits per heavy atom. The van der Waals surface area contributed by atoms with Crippen molar-refractivity contribution in [2.45, 2.75) is 26.4 Å². The Hall–Kier alpha value is -1.71. The third-order valence-electron chi connectivity index (χ3n) is 3.78. The fourth-order valence-corrected chi connectivity index (χ4v) is 3.85. The fraction of sp³-hybridized carbons (Fsp3) is 0.222. The molecule has 0 aliphatic heterocycles. The maximum atomic E-state index is 13.2. The van der Waals surface area contributed by atoms with Crippen molar-refractivity contribution in [2.75, 3.05) is 0 Å². The summed E-state index contributed by atoms with van der Waals surface area (Å²) < 4.78 is 14.5. The van der Waals surface area contributed by atoms with Crippen molar-refractivity contribution in [1.82, 2.24) is 5.32 Å². The molecule has 0 spiro atoms. The summed E-state index contributed by atoms with van der Waals surface area (Å²) in [5, 5.41) is 4.82. The Balaban J connectivity index is 1.78. The van der Waals surface area contributed by atoms with Crippen molar-refractivity contribution in [3.8, 4) is 0 Å². The van der Waals surface area contributed by atoms with Crippen molar-refractivity contribution in [3.63, 3.8) is 0 Å². The highest BCUT2D eigenvalue weighted by Gasteiger charge is 2.13. The Labute approximate surface area is 128 Å². The van der Waals surface area contributed by atoms with Crippen molar-refractivity contribution >= 4 is 21.4 Å². The Bertz CT molecular complexity index is 763. The van der Waals surface area contributed by atoms with Crippen LogP contribution >= 0.6 is 11.3 Å². The summed E-state index contributed by atoms with van der Waals surface area (Å²) in [5.41, 5.74) is 2.32. The highest BCUT2D eigenvalue weighted by atomic mass is 32.1. The number of thiophene rings is 1. The van der Waals surface area contributed by atoms with E-state index in [0.717, 1.165) is 5.56 Å². The van der Waals surface area contributed by atoms with Crippen LogP contribution in [0.3, 0.4) is 0 Å². The van der Waals surface area contributed by atoms with Gasteiger partial charge in [0.05, 0.1) is 0 Å². The second-order valence-electron chi connectivity index (χ2n) is 5.32. The molecule has 108 valence electrons. The summed E-state index contributed by atoms with van der Waals surface area (Å²) in [4.78, 5) is 1.35. The minimum absolute atomic E-state index is 0.181. The average molecular weight is 299 g/mol. The number of rotatable bonds is 4. The van der Waals surface area contributed by atoms with E-state index in [1.807, 2.05) is 17.4 Å². The molecule has 0 radical (unpaired) electrons. The molecule has 3 aromatic rings. The summed E-state index contributed by atoms with van der Waals surface area (Å²) >= 11 is 1.83. The van der Waals surface area contributed by atoms with Gasteiger partial charge in [-0.25, -0.2) is 4.39 Å². The number of fused-ring (bicyclic) bond motifs is 1. The number of aryl methyl sites for hydroxylation is 1. The molecule has 0 aliphatic carbocycles. The average Bonchev–Trinajstić information content (AvgIpc) is 2.83. The summed E-state index contributed by atoms with van der Waals surface area (Å²) in [6, 6.07) is 15.5. The van der Waals surface area contributed by atoms with Crippen molar-refractivity contribution in [3.05, 3.63) is 70.4 Å². The predicted octanol–water partition coefficient (Wildman–Crippen LogP) is 5.20. The Morgan fingerprint density at radius 3 is 2.71 bits per heavy atom. The van der Waals surface area contributed by atoms with E-state index >= 15 is 0 Å². The van der Waals surface area contributed by atoms with Gasteiger partial charge in [-0.1, -0.05) is 30.3 Å². The molecule has 0 aliphatic rings. The molecule has 0 fully saturated rings. The van der Waals surface area contributed by atoms with Gasteiger partial charge < -0.3 is 5.32 Å². The molecule has 0 amide bonds. The van der Waals surface area contributed by atoms with E-state index in [1.165, 1.54) is 26.6 Å². The molecule has 1 aromatic heterocycles. The molecule has 0 saturated carbocycles. The zero-order valence-corrected chi connectivity index (χ0v) is 13.0. The molecular weight excluding hydrogens is 281 g/mol. The van der Waals surface area contributed by atoms with Gasteiger partial charge in [-0.3, -0.25) is 0 Å². The first-order chi connectivity index (χ1) is 10.1. The lowest BCUT2D eigenvalue weighted by molar-refractivity contribution is 0.575. The van der Waals surface area contributed by atoms with E-state index in [2.05, 4.69) is 43.4 Å². The van der Waals surface area contributed by atoms with Crippen molar-refractivity contribution < 1.29 is 4.39 Å². The van der Waals surface area contributed by atoms with Crippen LogP contribution in [0.2, 0.25) is 0 Å². The van der Waals surface area contributed by atoms with Gasteiger partial charge in [0.15, 0.2) is 0 Å². The molecule has 1 N–H and O–H groups in total. The van der Waals surface area contributed by atoms with Crippen LogP contribution in [0.1, 0.15) is 29.0 Å². The molecule has 1 atom stereocenters. The quantitative estimate of drug-likeness (QED) is 0.698. The highest BCUT2D eigenvalue weighted by molar-refractivity contribution is 7.19. The van der Waals surface area contributed by atoms with Gasteiger partial charge in [-0.15, -0.1) is 11.3 Å². The second-order valence-corrected chi connectivity index (χ2v) is 6.40. The van der Waals surface area contributed by atoms with Crippen LogP contribution in [-0.2, 0) is 6.54 Å². The van der Waals surface area contributed by atoms with E-state index in [4.69, 9.17) is 0 Å². The summed E-state index contributed by atoms with van der Waals surface area (Å²) in [6.07, 6.45) is 0. The van der Waals surface area contributed by atoms with Gasteiger partial charge in [0, 0.05) is 22.2 Å². The molecular formula is C18H18FNS. The smallest absolute Gasteiger partial charge is 0.123 e. The topological polar surface area (TPSA) is 12.0 Å². The molecule has 3 heteroatoms. The van der Waals surface area contributed by atoms with E-state index in [-0.39, 0.29) is 11.9 Å². The van der Waals surface area contributed by atoms with Gasteiger partial charge in [0.25, 0.3) is 0 Å². The highest BCUT2D eigenvalue weighted by Crippen LogP contribution is 2.34. The molecule has 21 heavy (non-hydrogen) atoms. The molecule has 1 unspecified atom stereocenters. The number of halogens is 1. The summed E-state index contributed by atoms with van der Waals surface area (Å²) in [5.74, 6) is -0.181. The first-order valence-electron chi connectivity index (χ1n) is 7.11. The molecule has 1 nitrogen and oxygen atoms in total. The Morgan fingerprint density at radius 2 is 1.95 bits per heavy atom. The van der Waals surface area contributed by atoms with Gasteiger partial charge in [0.1, 0.15) is 5.82 Å². The normalized spacial score (nSPS) is 12.7. The maximum Gasteiger partial charge on any atom is 0.123 e. The van der Waals surface area contributed by atoms with Gasteiger partial charge in [-0.05, 0) is 48.6 Å².